The third-order valence-corrected chi connectivity index (χ3v) is 14.5. The normalized spacial score (nSPS) is 33.3. The Hall–Kier alpha value is -6.39. The number of hydrogen-bond acceptors (Lipinski definition) is 14. The number of fused-ring (bicyclic) bond motifs is 1. The second-order valence-electron chi connectivity index (χ2n) is 19.3. The number of hydrogen-bond donors (Lipinski definition) is 6. The lowest BCUT2D eigenvalue weighted by Crippen LogP contribution is -2.48. The largest absolute Gasteiger partial charge is 0.507 e. The van der Waals surface area contributed by atoms with Gasteiger partial charge in [0.15, 0.2) is 5.75 Å². The summed E-state index contributed by atoms with van der Waals surface area (Å²) < 4.78 is 24.3. The molecule has 69 heavy (non-hydrogen) atoms. The van der Waals surface area contributed by atoms with E-state index in [0.29, 0.717) is 12.8 Å². The third-order valence-electron chi connectivity index (χ3n) is 14.5. The molecule has 1 unspecified atom stereocenters. The number of nitrogens with zero attached hydrogens (tertiary/aromatic N) is 2. The number of aliphatic hydroxyl groups excluding tert-OH is 2. The number of ketones is 1. The minimum Gasteiger partial charge on any atom is -0.507 e. The number of ether oxygens (including phenoxy) is 4. The maximum atomic E-state index is 15.0. The van der Waals surface area contributed by atoms with Gasteiger partial charge in [-0.1, -0.05) is 107 Å². The topological polar surface area (TPSA) is 218 Å². The number of aliphatic hydroxyl groups is 2. The number of amides is 1. The van der Waals surface area contributed by atoms with E-state index in [1.54, 1.807) is 59.8 Å². The highest BCUT2D eigenvalue weighted by molar-refractivity contribution is 6.21. The first-order chi connectivity index (χ1) is 32.8. The van der Waals surface area contributed by atoms with Crippen LogP contribution in [0.25, 0.3) is 10.8 Å². The Morgan fingerprint density at radius 1 is 0.826 bits per heavy atom. The van der Waals surface area contributed by atoms with Gasteiger partial charge in [-0.05, 0) is 31.1 Å². The number of phenolic OH excluding ortho intramolecular Hbond substituents is 2. The van der Waals surface area contributed by atoms with Gasteiger partial charge in [0.2, 0.25) is 0 Å². The molecule has 15 nitrogen and oxygen atoms in total. The summed E-state index contributed by atoms with van der Waals surface area (Å²) in [5.74, 6) is -7.33. The van der Waals surface area contributed by atoms with E-state index < -0.39 is 88.7 Å². The molecule has 4 aliphatic heterocycles. The maximum Gasteiger partial charge on any atom is 0.312 e. The molecule has 0 aliphatic carbocycles. The Kier molecular flexibility index (Phi) is 13.6. The van der Waals surface area contributed by atoms with E-state index in [4.69, 9.17) is 23.9 Å². The molecule has 6 N–H and O–H groups in total. The molecule has 0 radical (unpaired) electrons. The molecule has 12 atom stereocenters. The summed E-state index contributed by atoms with van der Waals surface area (Å²) >= 11 is 0. The number of esters is 1. The number of anilines is 1. The van der Waals surface area contributed by atoms with Crippen LogP contribution < -0.4 is 26.1 Å². The monoisotopic (exact) mass is 942 g/mol. The fraction of sp³-hybridized carbons (Fsp3) is 0.426. The van der Waals surface area contributed by atoms with E-state index in [1.807, 2.05) is 60.7 Å². The summed E-state index contributed by atoms with van der Waals surface area (Å²) in [5.41, 5.74) is 1.54. The van der Waals surface area contributed by atoms with Gasteiger partial charge in [0.05, 0.1) is 41.2 Å². The Bertz CT molecular complexity index is 2840. The van der Waals surface area contributed by atoms with Crippen molar-refractivity contribution in [3.63, 3.8) is 0 Å². The van der Waals surface area contributed by atoms with Crippen molar-refractivity contribution in [2.75, 3.05) is 12.4 Å². The Labute approximate surface area is 401 Å². The number of phenols is 2. The number of benzene rings is 4. The summed E-state index contributed by atoms with van der Waals surface area (Å²) in [6, 6.07) is 19.5. The number of aromatic hydroxyl groups is 2. The van der Waals surface area contributed by atoms with Gasteiger partial charge in [-0.3, -0.25) is 19.4 Å². The number of methoxy groups -OCH3 is 1. The molecule has 0 saturated carbocycles. The van der Waals surface area contributed by atoms with Gasteiger partial charge in [0.1, 0.15) is 34.0 Å². The van der Waals surface area contributed by atoms with Gasteiger partial charge < -0.3 is 50.0 Å². The molecule has 15 heteroatoms. The summed E-state index contributed by atoms with van der Waals surface area (Å²) in [4.78, 5) is 51.6. The molecule has 1 spiro atoms. The molecule has 0 aromatic heterocycles. The van der Waals surface area contributed by atoms with Crippen molar-refractivity contribution in [2.45, 2.75) is 116 Å². The van der Waals surface area contributed by atoms with Crippen molar-refractivity contribution >= 4 is 34.1 Å². The predicted octanol–water partition coefficient (Wildman–Crippen LogP) is 6.86. The molecule has 1 fully saturated rings. The first kappa shape index (κ1) is 49.0. The van der Waals surface area contributed by atoms with Crippen LogP contribution in [0.3, 0.4) is 0 Å². The zero-order valence-electron chi connectivity index (χ0n) is 40.4. The van der Waals surface area contributed by atoms with E-state index in [2.05, 4.69) is 15.6 Å². The van der Waals surface area contributed by atoms with Gasteiger partial charge in [-0.25, -0.2) is 4.99 Å². The zero-order chi connectivity index (χ0) is 49.7. The highest BCUT2D eigenvalue weighted by Crippen LogP contribution is 2.52. The molecule has 1 amide bonds. The lowest BCUT2D eigenvalue weighted by Gasteiger charge is -2.42. The van der Waals surface area contributed by atoms with Gasteiger partial charge >= 0.3 is 11.8 Å². The van der Waals surface area contributed by atoms with Crippen LogP contribution in [0.2, 0.25) is 0 Å². The molecule has 1 saturated heterocycles. The number of Topliss-reactive ketones (excluding diaryl/α,β-unsaturated/α-hetero) is 1. The molecule has 4 aromatic carbocycles. The molecule has 4 bridgehead atoms. The highest BCUT2D eigenvalue weighted by atomic mass is 16.7. The number of nitrogens with one attached hydrogen (secondary N) is 2. The predicted molar refractivity (Wildman–Crippen MR) is 258 cm³/mol. The van der Waals surface area contributed by atoms with E-state index in [0.717, 1.165) is 11.1 Å². The quantitative estimate of drug-likeness (QED) is 0.0912. The summed E-state index contributed by atoms with van der Waals surface area (Å²) in [6.45, 7) is 12.8. The first-order valence-corrected chi connectivity index (χ1v) is 23.5. The molecule has 4 aliphatic rings. The van der Waals surface area contributed by atoms with E-state index in [-0.39, 0.29) is 61.7 Å². The molecular formula is C54H62N4O11. The second kappa shape index (κ2) is 19.2. The number of carbonyl (C=O) groups is 3. The summed E-state index contributed by atoms with van der Waals surface area (Å²) in [6.07, 6.45) is 4.61. The first-order valence-electron chi connectivity index (χ1n) is 23.5. The molecule has 8 rings (SSSR count). The highest BCUT2D eigenvalue weighted by Gasteiger charge is 2.51. The molecule has 364 valence electrons. The summed E-state index contributed by atoms with van der Waals surface area (Å²) in [7, 11) is 1.47. The van der Waals surface area contributed by atoms with Gasteiger partial charge in [-0.15, -0.1) is 0 Å². The maximum absolute atomic E-state index is 15.0. The SMILES string of the molecule is CO[C@H]1/C=C/O[C@@]2(C)Oc3c(C)c(O)c4c(O)c(c5c(c4c3C2=O)NC2(C[C@@H](c3ccccc3)N[C@@H](c3ccccc3)C2)N=5)=NC(=O)/C(C)=C\C=C\[C@H](C)[C@H](O)[C@@H](C)[C@@H](O)[C@@H](C)[C@H](OC(C)=O)[C@@H]1C. The smallest absolute Gasteiger partial charge is 0.312 e. The fourth-order valence-electron chi connectivity index (χ4n) is 10.5. The number of allylic oxidation sites excluding steroid dienone is 2. The number of carbonyl (C=O) groups excluding carboxylic acids is 3. The lowest BCUT2D eigenvalue weighted by molar-refractivity contribution is -0.160. The Morgan fingerprint density at radius 2 is 1.45 bits per heavy atom. The van der Waals surface area contributed by atoms with Crippen molar-refractivity contribution in [3.05, 3.63) is 130 Å². The molecule has 4 heterocycles. The van der Waals surface area contributed by atoms with Crippen molar-refractivity contribution in [2.24, 2.45) is 33.7 Å². The van der Waals surface area contributed by atoms with Crippen LogP contribution in [-0.2, 0) is 23.8 Å². The Balaban J connectivity index is 1.34. The van der Waals surface area contributed by atoms with Crippen LogP contribution in [0.5, 0.6) is 17.2 Å². The van der Waals surface area contributed by atoms with E-state index in [1.165, 1.54) is 33.3 Å². The van der Waals surface area contributed by atoms with Crippen molar-refractivity contribution in [1.29, 1.82) is 0 Å². The molecule has 4 aromatic rings. The van der Waals surface area contributed by atoms with Crippen molar-refractivity contribution in [3.8, 4) is 17.2 Å². The minimum atomic E-state index is -2.00. The van der Waals surface area contributed by atoms with Crippen LogP contribution in [0, 0.1) is 30.6 Å². The van der Waals surface area contributed by atoms with Crippen molar-refractivity contribution < 1.29 is 53.8 Å². The van der Waals surface area contributed by atoms with Crippen molar-refractivity contribution in [1.82, 2.24) is 5.32 Å². The molecular weight excluding hydrogens is 881 g/mol. The van der Waals surface area contributed by atoms with Gasteiger partial charge in [-0.2, -0.15) is 0 Å². The second-order valence-corrected chi connectivity index (χ2v) is 19.3. The third kappa shape index (κ3) is 9.04. The van der Waals surface area contributed by atoms with Crippen LogP contribution in [0.15, 0.2) is 107 Å². The average Bonchev–Trinajstić information content (AvgIpc) is 3.83. The minimum absolute atomic E-state index is 0.0176. The standard InChI is InChI=1S/C54H62N4O11/c1-27-17-16-18-28(2)52(65)56-44-43-42(57-54(58-43)25-36(34-19-12-10-13-20-34)55-37(26-54)35-21-14-11-15-22-35)39-40(48(44)63)47(62)32(6)50-41(39)51(64)53(8,69-50)67-24-23-38(66-9)29(3)49(68-33(7)59)31(5)46(61)30(4)45(27)60/h10-24,27,29-31,36-38,45-46,49,55,57,60-63H,25-26H2,1-9H3/b17-16+,24-23+,28-18-,56-44?/t27-,29+,30+,31+,36-,37+,38-,45-,46+,49+,53-,54?/m0/s1. The van der Waals surface area contributed by atoms with Gasteiger partial charge in [0, 0.05) is 86.1 Å². The van der Waals surface area contributed by atoms with Gasteiger partial charge in [0.25, 0.3) is 11.7 Å². The van der Waals surface area contributed by atoms with Crippen LogP contribution in [0.1, 0.15) is 100 Å². The van der Waals surface area contributed by atoms with E-state index in [9.17, 15) is 30.0 Å². The van der Waals surface area contributed by atoms with Crippen LogP contribution in [0.4, 0.5) is 5.69 Å². The van der Waals surface area contributed by atoms with Crippen LogP contribution >= 0.6 is 0 Å². The lowest BCUT2D eigenvalue weighted by atomic mass is 9.78. The van der Waals surface area contributed by atoms with E-state index >= 15 is 4.79 Å². The number of rotatable bonds is 4. The van der Waals surface area contributed by atoms with Crippen LogP contribution in [-0.4, -0.2) is 81.1 Å². The fourth-order valence-corrected chi connectivity index (χ4v) is 10.5. The zero-order valence-corrected chi connectivity index (χ0v) is 40.4. The number of piperidine rings is 1. The average molecular weight is 943 g/mol. The summed E-state index contributed by atoms with van der Waals surface area (Å²) in [5, 5.41) is 55.1. The Morgan fingerprint density at radius 3 is 2.04 bits per heavy atom.